The van der Waals surface area contributed by atoms with Gasteiger partial charge in [-0.15, -0.1) is 0 Å². The van der Waals surface area contributed by atoms with Gasteiger partial charge >= 0.3 is 5.97 Å². The molecule has 3 N–H and O–H groups in total. The molecule has 112 valence electrons. The lowest BCUT2D eigenvalue weighted by molar-refractivity contribution is -0.138. The van der Waals surface area contributed by atoms with Gasteiger partial charge in [-0.3, -0.25) is 9.59 Å². The van der Waals surface area contributed by atoms with Crippen molar-refractivity contribution in [2.45, 2.75) is 37.6 Å². The maximum absolute atomic E-state index is 12.7. The highest BCUT2D eigenvalue weighted by Crippen LogP contribution is 2.38. The molecule has 0 aromatic heterocycles. The first kappa shape index (κ1) is 14.1. The molecule has 1 aromatic carbocycles. The van der Waals surface area contributed by atoms with Crippen LogP contribution in [0.25, 0.3) is 0 Å². The van der Waals surface area contributed by atoms with Crippen LogP contribution in [0.15, 0.2) is 24.3 Å². The van der Waals surface area contributed by atoms with Crippen molar-refractivity contribution < 1.29 is 14.7 Å². The van der Waals surface area contributed by atoms with Gasteiger partial charge in [-0.25, -0.2) is 0 Å². The Morgan fingerprint density at radius 2 is 1.81 bits per heavy atom. The van der Waals surface area contributed by atoms with Crippen LogP contribution in [-0.2, 0) is 9.59 Å². The lowest BCUT2D eigenvalue weighted by Gasteiger charge is -2.29. The molecular weight excluding hydrogens is 268 g/mol. The third-order valence-electron chi connectivity index (χ3n) is 4.65. The number of para-hydroxylation sites is 1. The second-order valence-electron chi connectivity index (χ2n) is 6.01. The summed E-state index contributed by atoms with van der Waals surface area (Å²) in [5.74, 6) is -1.46. The van der Waals surface area contributed by atoms with E-state index in [0.717, 1.165) is 36.9 Å². The van der Waals surface area contributed by atoms with Gasteiger partial charge in [0.05, 0.1) is 0 Å². The van der Waals surface area contributed by atoms with Crippen molar-refractivity contribution in [2.24, 2.45) is 11.7 Å². The molecule has 1 unspecified atom stereocenters. The van der Waals surface area contributed by atoms with E-state index in [1.54, 1.807) is 11.0 Å². The summed E-state index contributed by atoms with van der Waals surface area (Å²) in [7, 11) is 0. The van der Waals surface area contributed by atoms with Crippen LogP contribution in [0.5, 0.6) is 0 Å². The van der Waals surface area contributed by atoms with Gasteiger partial charge in [-0.2, -0.15) is 0 Å². The molecule has 1 fully saturated rings. The number of nitrogens with zero attached hydrogens (tertiary/aromatic N) is 1. The average Bonchev–Trinajstić information content (AvgIpc) is 2.87. The molecule has 0 radical (unpaired) electrons. The lowest BCUT2D eigenvalue weighted by Crippen LogP contribution is -2.39. The van der Waals surface area contributed by atoms with Gasteiger partial charge < -0.3 is 15.7 Å². The number of carbonyl (C=O) groups excluding carboxylic acids is 1. The SMILES string of the molecule is NC1CCC(C(=O)N2CC(C(=O)O)c3ccccc32)CC1. The molecule has 2 aliphatic rings. The zero-order valence-electron chi connectivity index (χ0n) is 11.9. The summed E-state index contributed by atoms with van der Waals surface area (Å²) in [6.45, 7) is 0.246. The molecule has 1 aliphatic carbocycles. The molecule has 1 aromatic rings. The van der Waals surface area contributed by atoms with E-state index in [9.17, 15) is 14.7 Å². The van der Waals surface area contributed by atoms with E-state index in [1.807, 2.05) is 18.2 Å². The van der Waals surface area contributed by atoms with Crippen LogP contribution in [-0.4, -0.2) is 29.6 Å². The minimum atomic E-state index is -0.872. The summed E-state index contributed by atoms with van der Waals surface area (Å²) in [4.78, 5) is 25.8. The smallest absolute Gasteiger partial charge is 0.312 e. The van der Waals surface area contributed by atoms with Crippen molar-refractivity contribution in [3.8, 4) is 0 Å². The third kappa shape index (κ3) is 2.53. The Morgan fingerprint density at radius 1 is 1.14 bits per heavy atom. The summed E-state index contributed by atoms with van der Waals surface area (Å²) in [5.41, 5.74) is 7.38. The second kappa shape index (κ2) is 5.48. The maximum Gasteiger partial charge on any atom is 0.312 e. The number of carbonyl (C=O) groups is 2. The van der Waals surface area contributed by atoms with Gasteiger partial charge in [0.15, 0.2) is 0 Å². The largest absolute Gasteiger partial charge is 0.481 e. The van der Waals surface area contributed by atoms with Gasteiger partial charge in [0, 0.05) is 24.2 Å². The predicted molar refractivity (Wildman–Crippen MR) is 79.1 cm³/mol. The van der Waals surface area contributed by atoms with Gasteiger partial charge in [0.2, 0.25) is 5.91 Å². The number of hydrogen-bond acceptors (Lipinski definition) is 3. The van der Waals surface area contributed by atoms with Crippen molar-refractivity contribution in [3.63, 3.8) is 0 Å². The number of rotatable bonds is 2. The highest BCUT2D eigenvalue weighted by Gasteiger charge is 2.39. The molecule has 1 saturated carbocycles. The summed E-state index contributed by atoms with van der Waals surface area (Å²) in [6.07, 6.45) is 3.34. The monoisotopic (exact) mass is 288 g/mol. The molecule has 5 heteroatoms. The zero-order chi connectivity index (χ0) is 15.0. The minimum Gasteiger partial charge on any atom is -0.481 e. The number of amides is 1. The normalized spacial score (nSPS) is 28.2. The minimum absolute atomic E-state index is 0.0228. The van der Waals surface area contributed by atoms with E-state index >= 15 is 0 Å². The maximum atomic E-state index is 12.7. The molecule has 1 aliphatic heterocycles. The van der Waals surface area contributed by atoms with Crippen LogP contribution in [0.2, 0.25) is 0 Å². The number of aliphatic carboxylic acids is 1. The molecule has 0 bridgehead atoms. The predicted octanol–water partition coefficient (Wildman–Crippen LogP) is 1.72. The van der Waals surface area contributed by atoms with Crippen LogP contribution in [0, 0.1) is 5.92 Å². The number of benzene rings is 1. The first-order valence-electron chi connectivity index (χ1n) is 7.46. The van der Waals surface area contributed by atoms with Crippen LogP contribution in [0.1, 0.15) is 37.2 Å². The van der Waals surface area contributed by atoms with Gasteiger partial charge in [-0.1, -0.05) is 18.2 Å². The number of hydrogen-bond donors (Lipinski definition) is 2. The molecule has 0 saturated heterocycles. The van der Waals surface area contributed by atoms with Crippen LogP contribution in [0.4, 0.5) is 5.69 Å². The Bertz CT molecular complexity index is 564. The molecule has 3 rings (SSSR count). The summed E-state index contributed by atoms with van der Waals surface area (Å²) < 4.78 is 0. The van der Waals surface area contributed by atoms with Crippen molar-refractivity contribution in [1.29, 1.82) is 0 Å². The fourth-order valence-corrected chi connectivity index (χ4v) is 3.41. The van der Waals surface area contributed by atoms with Crippen LogP contribution < -0.4 is 10.6 Å². The quantitative estimate of drug-likeness (QED) is 0.868. The van der Waals surface area contributed by atoms with Crippen molar-refractivity contribution >= 4 is 17.6 Å². The van der Waals surface area contributed by atoms with E-state index in [1.165, 1.54) is 0 Å². The van der Waals surface area contributed by atoms with E-state index in [4.69, 9.17) is 5.73 Å². The van der Waals surface area contributed by atoms with Gasteiger partial charge in [0.1, 0.15) is 5.92 Å². The molecule has 0 spiro atoms. The third-order valence-corrected chi connectivity index (χ3v) is 4.65. The van der Waals surface area contributed by atoms with Crippen LogP contribution >= 0.6 is 0 Å². The number of carboxylic acid groups (broad SMARTS) is 1. The standard InChI is InChI=1S/C16H20N2O3/c17-11-7-5-10(6-8-11)15(19)18-9-13(16(20)21)12-3-1-2-4-14(12)18/h1-4,10-11,13H,5-9,17H2,(H,20,21). The van der Waals surface area contributed by atoms with Crippen molar-refractivity contribution in [3.05, 3.63) is 29.8 Å². The fourth-order valence-electron chi connectivity index (χ4n) is 3.41. The molecule has 5 nitrogen and oxygen atoms in total. The Hall–Kier alpha value is -1.88. The Balaban J connectivity index is 1.83. The van der Waals surface area contributed by atoms with Crippen molar-refractivity contribution in [1.82, 2.24) is 0 Å². The Kier molecular flexibility index (Phi) is 3.68. The van der Waals surface area contributed by atoms with E-state index < -0.39 is 11.9 Å². The first-order valence-corrected chi connectivity index (χ1v) is 7.46. The average molecular weight is 288 g/mol. The second-order valence-corrected chi connectivity index (χ2v) is 6.01. The number of anilines is 1. The molecule has 1 heterocycles. The topological polar surface area (TPSA) is 83.6 Å². The highest BCUT2D eigenvalue weighted by molar-refractivity contribution is 6.00. The molecular formula is C16H20N2O3. The molecule has 1 atom stereocenters. The Morgan fingerprint density at radius 3 is 2.48 bits per heavy atom. The summed E-state index contributed by atoms with van der Waals surface area (Å²) in [6, 6.07) is 7.51. The highest BCUT2D eigenvalue weighted by atomic mass is 16.4. The fraction of sp³-hybridized carbons (Fsp3) is 0.500. The summed E-state index contributed by atoms with van der Waals surface area (Å²) >= 11 is 0. The molecule has 21 heavy (non-hydrogen) atoms. The number of nitrogens with two attached hydrogens (primary N) is 1. The summed E-state index contributed by atoms with van der Waals surface area (Å²) in [5, 5.41) is 9.35. The Labute approximate surface area is 123 Å². The first-order chi connectivity index (χ1) is 10.1. The lowest BCUT2D eigenvalue weighted by atomic mass is 9.85. The van der Waals surface area contributed by atoms with Gasteiger partial charge in [0.25, 0.3) is 0 Å². The van der Waals surface area contributed by atoms with E-state index in [2.05, 4.69) is 0 Å². The van der Waals surface area contributed by atoms with E-state index in [0.29, 0.717) is 0 Å². The van der Waals surface area contributed by atoms with Crippen LogP contribution in [0.3, 0.4) is 0 Å². The van der Waals surface area contributed by atoms with Crippen molar-refractivity contribution in [2.75, 3.05) is 11.4 Å². The number of fused-ring (bicyclic) bond motifs is 1. The number of carboxylic acids is 1. The van der Waals surface area contributed by atoms with E-state index in [-0.39, 0.29) is 24.4 Å². The van der Waals surface area contributed by atoms with Gasteiger partial charge in [-0.05, 0) is 37.3 Å². The zero-order valence-corrected chi connectivity index (χ0v) is 11.9. The molecule has 1 amide bonds.